The molecule has 32 heavy (non-hydrogen) atoms. The molecule has 2 aliphatic rings. The zero-order chi connectivity index (χ0) is 22.5. The Kier molecular flexibility index (Phi) is 6.99. The van der Waals surface area contributed by atoms with Crippen molar-refractivity contribution in [1.82, 2.24) is 10.2 Å². The van der Waals surface area contributed by atoms with Crippen LogP contribution in [-0.2, 0) is 15.3 Å². The summed E-state index contributed by atoms with van der Waals surface area (Å²) in [6, 6.07) is 13.5. The number of aliphatic imine (C=N–C) groups is 2. The van der Waals surface area contributed by atoms with Gasteiger partial charge in [-0.25, -0.2) is 14.3 Å². The normalized spacial score (nSPS) is 16.9. The van der Waals surface area contributed by atoms with Gasteiger partial charge in [-0.3, -0.25) is 14.6 Å². The van der Waals surface area contributed by atoms with E-state index in [1.54, 1.807) is 18.2 Å². The highest BCUT2D eigenvalue weighted by Crippen LogP contribution is 2.35. The molecule has 0 unspecified atom stereocenters. The first-order valence-corrected chi connectivity index (χ1v) is 11.8. The van der Waals surface area contributed by atoms with Crippen LogP contribution in [0, 0.1) is 5.82 Å². The molecular formula is C24H25FN4O2S. The Balaban J connectivity index is 1.52. The first-order chi connectivity index (χ1) is 15.6. The topological polar surface area (TPSA) is 74.1 Å². The van der Waals surface area contributed by atoms with Crippen molar-refractivity contribution in [3.05, 3.63) is 65.5 Å². The first kappa shape index (κ1) is 22.2. The molecule has 0 spiro atoms. The van der Waals surface area contributed by atoms with Gasteiger partial charge in [-0.15, -0.1) is 0 Å². The zero-order valence-corrected chi connectivity index (χ0v) is 18.7. The number of nitrogens with zero attached hydrogens (tertiary/aromatic N) is 3. The lowest BCUT2D eigenvalue weighted by molar-refractivity contribution is -0.125. The largest absolute Gasteiger partial charge is 0.356 e. The maximum Gasteiger partial charge on any atom is 0.259 e. The van der Waals surface area contributed by atoms with Gasteiger partial charge < -0.3 is 5.32 Å². The van der Waals surface area contributed by atoms with Gasteiger partial charge in [0.25, 0.3) is 5.91 Å². The minimum absolute atomic E-state index is 0.0699. The average molecular weight is 453 g/mol. The van der Waals surface area contributed by atoms with E-state index >= 15 is 0 Å². The van der Waals surface area contributed by atoms with Crippen LogP contribution in [0.15, 0.2) is 58.5 Å². The SMILES string of the molecule is CCCCNC(=O)CC[C@H]1N=C2c3ccccc3N=C(SCc3ccccc3F)N2C1=O. The van der Waals surface area contributed by atoms with Crippen molar-refractivity contribution in [2.45, 2.75) is 44.4 Å². The number of amides is 2. The van der Waals surface area contributed by atoms with Crippen molar-refractivity contribution in [3.8, 4) is 0 Å². The average Bonchev–Trinajstić information content (AvgIpc) is 3.14. The lowest BCUT2D eigenvalue weighted by Crippen LogP contribution is -2.41. The number of rotatable bonds is 8. The number of nitrogens with one attached hydrogen (secondary N) is 1. The molecule has 2 amide bonds. The molecule has 0 aliphatic carbocycles. The van der Waals surface area contributed by atoms with Gasteiger partial charge in [0.15, 0.2) is 5.17 Å². The maximum atomic E-state index is 14.1. The summed E-state index contributed by atoms with van der Waals surface area (Å²) in [6.07, 6.45) is 2.52. The van der Waals surface area contributed by atoms with Gasteiger partial charge in [0, 0.05) is 24.3 Å². The van der Waals surface area contributed by atoms with Crippen LogP contribution >= 0.6 is 11.8 Å². The van der Waals surface area contributed by atoms with E-state index in [2.05, 4.69) is 22.2 Å². The van der Waals surface area contributed by atoms with Crippen LogP contribution in [0.3, 0.4) is 0 Å². The van der Waals surface area contributed by atoms with Crippen LogP contribution in [0.1, 0.15) is 43.7 Å². The number of amidine groups is 2. The number of halogens is 1. The Morgan fingerprint density at radius 3 is 2.78 bits per heavy atom. The molecule has 0 saturated heterocycles. The molecule has 2 aliphatic heterocycles. The predicted molar refractivity (Wildman–Crippen MR) is 126 cm³/mol. The summed E-state index contributed by atoms with van der Waals surface area (Å²) in [6.45, 7) is 2.71. The van der Waals surface area contributed by atoms with E-state index in [9.17, 15) is 14.0 Å². The summed E-state index contributed by atoms with van der Waals surface area (Å²) < 4.78 is 14.1. The monoisotopic (exact) mass is 452 g/mol. The Hall–Kier alpha value is -3.00. The van der Waals surface area contributed by atoms with Crippen LogP contribution in [0.4, 0.5) is 10.1 Å². The fourth-order valence-electron chi connectivity index (χ4n) is 3.61. The molecule has 0 aromatic heterocycles. The van der Waals surface area contributed by atoms with E-state index in [0.717, 1.165) is 24.1 Å². The number of para-hydroxylation sites is 1. The second-order valence-corrected chi connectivity index (χ2v) is 8.62. The first-order valence-electron chi connectivity index (χ1n) is 10.8. The maximum absolute atomic E-state index is 14.1. The van der Waals surface area contributed by atoms with E-state index in [0.29, 0.717) is 35.3 Å². The standard InChI is InChI=1S/C24H25FN4O2S/c1-2-3-14-26-21(30)13-12-20-23(31)29-22(27-20)17-9-5-7-11-19(17)28-24(29)32-15-16-8-4-6-10-18(16)25/h4-11,20H,2-3,12-15H2,1H3,(H,26,30)/t20-/m1/s1. The van der Waals surface area contributed by atoms with E-state index in [4.69, 9.17) is 0 Å². The lowest BCUT2D eigenvalue weighted by Gasteiger charge is -2.25. The molecule has 1 atom stereocenters. The highest BCUT2D eigenvalue weighted by molar-refractivity contribution is 8.13. The molecule has 0 radical (unpaired) electrons. The van der Waals surface area contributed by atoms with E-state index in [1.165, 1.54) is 22.7 Å². The molecule has 166 valence electrons. The van der Waals surface area contributed by atoms with Gasteiger partial charge in [-0.1, -0.05) is 55.4 Å². The lowest BCUT2D eigenvalue weighted by atomic mass is 10.1. The number of unbranched alkanes of at least 4 members (excludes halogenated alkanes) is 1. The summed E-state index contributed by atoms with van der Waals surface area (Å²) in [5.74, 6) is 0.337. The van der Waals surface area contributed by atoms with E-state index in [1.807, 2.05) is 24.3 Å². The number of carbonyl (C=O) groups is 2. The number of hydrogen-bond donors (Lipinski definition) is 1. The van der Waals surface area contributed by atoms with Gasteiger partial charge in [-0.05, 0) is 36.6 Å². The van der Waals surface area contributed by atoms with Crippen molar-refractivity contribution < 1.29 is 14.0 Å². The summed E-state index contributed by atoms with van der Waals surface area (Å²) in [5.41, 5.74) is 2.06. The highest BCUT2D eigenvalue weighted by Gasteiger charge is 2.41. The Bertz CT molecular complexity index is 1090. The van der Waals surface area contributed by atoms with E-state index < -0.39 is 6.04 Å². The fraction of sp³-hybridized carbons (Fsp3) is 0.333. The molecule has 0 bridgehead atoms. The van der Waals surface area contributed by atoms with Crippen LogP contribution in [0.5, 0.6) is 0 Å². The Morgan fingerprint density at radius 2 is 1.97 bits per heavy atom. The van der Waals surface area contributed by atoms with Gasteiger partial charge in [-0.2, -0.15) is 0 Å². The van der Waals surface area contributed by atoms with Crippen LogP contribution in [0.2, 0.25) is 0 Å². The van der Waals surface area contributed by atoms with Gasteiger partial charge in [0.2, 0.25) is 5.91 Å². The highest BCUT2D eigenvalue weighted by atomic mass is 32.2. The number of fused-ring (bicyclic) bond motifs is 3. The molecule has 4 rings (SSSR count). The fourth-order valence-corrected chi connectivity index (χ4v) is 4.59. The molecule has 1 N–H and O–H groups in total. The summed E-state index contributed by atoms with van der Waals surface area (Å²) in [7, 11) is 0. The third-order valence-corrected chi connectivity index (χ3v) is 6.35. The van der Waals surface area contributed by atoms with Crippen molar-refractivity contribution >= 4 is 40.3 Å². The molecular weight excluding hydrogens is 427 g/mol. The summed E-state index contributed by atoms with van der Waals surface area (Å²) >= 11 is 1.30. The molecule has 0 saturated carbocycles. The number of hydrogen-bond acceptors (Lipinski definition) is 5. The molecule has 8 heteroatoms. The minimum Gasteiger partial charge on any atom is -0.356 e. The molecule has 2 aromatic carbocycles. The van der Waals surface area contributed by atoms with Gasteiger partial charge in [0.1, 0.15) is 17.7 Å². The Labute approximate surface area is 191 Å². The van der Waals surface area contributed by atoms with Crippen molar-refractivity contribution in [2.75, 3.05) is 6.54 Å². The second-order valence-electron chi connectivity index (χ2n) is 7.68. The van der Waals surface area contributed by atoms with Crippen LogP contribution in [0.25, 0.3) is 0 Å². The predicted octanol–water partition coefficient (Wildman–Crippen LogP) is 4.41. The number of benzene rings is 2. The van der Waals surface area contributed by atoms with Crippen molar-refractivity contribution in [2.24, 2.45) is 9.98 Å². The number of carbonyl (C=O) groups excluding carboxylic acids is 2. The van der Waals surface area contributed by atoms with Crippen molar-refractivity contribution in [3.63, 3.8) is 0 Å². The zero-order valence-electron chi connectivity index (χ0n) is 17.9. The smallest absolute Gasteiger partial charge is 0.259 e. The molecule has 2 aromatic rings. The molecule has 0 fully saturated rings. The number of thioether (sulfide) groups is 1. The molecule has 6 nitrogen and oxygen atoms in total. The molecule has 2 heterocycles. The third-order valence-electron chi connectivity index (χ3n) is 5.36. The van der Waals surface area contributed by atoms with Crippen LogP contribution < -0.4 is 5.32 Å². The van der Waals surface area contributed by atoms with Gasteiger partial charge in [0.05, 0.1) is 5.69 Å². The second kappa shape index (κ2) is 10.1. The summed E-state index contributed by atoms with van der Waals surface area (Å²) in [4.78, 5) is 36.2. The van der Waals surface area contributed by atoms with Crippen LogP contribution in [-0.4, -0.2) is 40.3 Å². The Morgan fingerprint density at radius 1 is 1.19 bits per heavy atom. The van der Waals surface area contributed by atoms with E-state index in [-0.39, 0.29) is 24.1 Å². The minimum atomic E-state index is -0.632. The quantitative estimate of drug-likeness (QED) is 0.603. The van der Waals surface area contributed by atoms with Gasteiger partial charge >= 0.3 is 0 Å². The third kappa shape index (κ3) is 4.75. The summed E-state index contributed by atoms with van der Waals surface area (Å²) in [5, 5.41) is 3.36. The van der Waals surface area contributed by atoms with Crippen molar-refractivity contribution in [1.29, 1.82) is 0 Å².